The zero-order valence-corrected chi connectivity index (χ0v) is 14.9. The fourth-order valence-electron chi connectivity index (χ4n) is 2.00. The Hall–Kier alpha value is -1.07. The molecule has 2 N–H and O–H groups in total. The first-order valence-corrected chi connectivity index (χ1v) is 8.09. The van der Waals surface area contributed by atoms with Gasteiger partial charge in [0.15, 0.2) is 6.61 Å². The number of halogens is 1. The van der Waals surface area contributed by atoms with E-state index in [-0.39, 0.29) is 18.6 Å². The van der Waals surface area contributed by atoms with Crippen molar-refractivity contribution in [2.45, 2.75) is 39.7 Å². The monoisotopic (exact) mass is 356 g/mol. The minimum Gasteiger partial charge on any atom is -0.483 e. The van der Waals surface area contributed by atoms with Crippen molar-refractivity contribution in [2.24, 2.45) is 5.73 Å². The molecule has 0 aliphatic heterocycles. The first-order chi connectivity index (χ1) is 9.88. The zero-order chi connectivity index (χ0) is 16.0. The van der Waals surface area contributed by atoms with Crippen LogP contribution in [0.15, 0.2) is 16.6 Å². The molecule has 1 aromatic carbocycles. The number of carbonyl (C=O) groups is 1. The molecule has 1 rings (SSSR count). The van der Waals surface area contributed by atoms with E-state index in [2.05, 4.69) is 22.9 Å². The number of aryl methyl sites for hydroxylation is 1. The lowest BCUT2D eigenvalue weighted by Gasteiger charge is -2.19. The van der Waals surface area contributed by atoms with Crippen LogP contribution in [-0.4, -0.2) is 37.0 Å². The minimum atomic E-state index is -0.0226. The van der Waals surface area contributed by atoms with Gasteiger partial charge in [-0.3, -0.25) is 4.79 Å². The van der Waals surface area contributed by atoms with E-state index in [9.17, 15) is 4.79 Å². The lowest BCUT2D eigenvalue weighted by molar-refractivity contribution is -0.131. The van der Waals surface area contributed by atoms with Crippen LogP contribution in [0.1, 0.15) is 31.4 Å². The molecule has 0 radical (unpaired) electrons. The Morgan fingerprint density at radius 1 is 1.43 bits per heavy atom. The van der Waals surface area contributed by atoms with Gasteiger partial charge in [-0.05, 0) is 49.9 Å². The van der Waals surface area contributed by atoms with Gasteiger partial charge in [0.2, 0.25) is 0 Å². The van der Waals surface area contributed by atoms with Crippen molar-refractivity contribution in [3.05, 3.63) is 27.7 Å². The van der Waals surface area contributed by atoms with Gasteiger partial charge in [0, 0.05) is 24.1 Å². The summed E-state index contributed by atoms with van der Waals surface area (Å²) >= 11 is 3.50. The van der Waals surface area contributed by atoms with E-state index >= 15 is 0 Å². The quantitative estimate of drug-likeness (QED) is 0.816. The molecule has 0 aliphatic carbocycles. The van der Waals surface area contributed by atoms with Gasteiger partial charge >= 0.3 is 0 Å². The first kappa shape index (κ1) is 18.0. The van der Waals surface area contributed by atoms with Gasteiger partial charge in [0.25, 0.3) is 5.91 Å². The molecule has 1 atom stereocenters. The Kier molecular flexibility index (Phi) is 7.18. The van der Waals surface area contributed by atoms with Crippen LogP contribution in [0.25, 0.3) is 0 Å². The number of benzene rings is 1. The highest BCUT2D eigenvalue weighted by Crippen LogP contribution is 2.29. The van der Waals surface area contributed by atoms with E-state index in [0.29, 0.717) is 6.54 Å². The molecule has 1 aromatic rings. The summed E-state index contributed by atoms with van der Waals surface area (Å²) in [5.74, 6) is 0.755. The van der Waals surface area contributed by atoms with E-state index in [1.54, 1.807) is 11.9 Å². The largest absolute Gasteiger partial charge is 0.483 e. The lowest BCUT2D eigenvalue weighted by atomic mass is 10.0. The molecule has 0 bridgehead atoms. The summed E-state index contributed by atoms with van der Waals surface area (Å²) in [5, 5.41) is 0. The molecule has 0 aliphatic rings. The molecule has 5 heteroatoms. The summed E-state index contributed by atoms with van der Waals surface area (Å²) < 4.78 is 6.79. The highest BCUT2D eigenvalue weighted by atomic mass is 79.9. The van der Waals surface area contributed by atoms with E-state index in [0.717, 1.165) is 34.2 Å². The molecule has 0 fully saturated rings. The standard InChI is InChI=1S/C16H25BrN2O2/c1-5-14(18)9-12-8-13(17)7-11(3)16(12)21-10-15(20)19(4)6-2/h7-8,14H,5-6,9-10,18H2,1-4H3. The number of ether oxygens (including phenoxy) is 1. The van der Waals surface area contributed by atoms with Crippen LogP contribution in [0, 0.1) is 6.92 Å². The fraction of sp³-hybridized carbons (Fsp3) is 0.562. The van der Waals surface area contributed by atoms with Crippen molar-refractivity contribution < 1.29 is 9.53 Å². The second kappa shape index (κ2) is 8.39. The first-order valence-electron chi connectivity index (χ1n) is 7.30. The second-order valence-corrected chi connectivity index (χ2v) is 6.20. The maximum atomic E-state index is 11.9. The van der Waals surface area contributed by atoms with Gasteiger partial charge < -0.3 is 15.4 Å². The molecule has 0 aromatic heterocycles. The third-order valence-corrected chi connectivity index (χ3v) is 4.02. The number of nitrogens with zero attached hydrogens (tertiary/aromatic N) is 1. The molecule has 1 unspecified atom stereocenters. The van der Waals surface area contributed by atoms with Gasteiger partial charge in [0.1, 0.15) is 5.75 Å². The molecule has 0 spiro atoms. The van der Waals surface area contributed by atoms with Gasteiger partial charge in [-0.2, -0.15) is 0 Å². The van der Waals surface area contributed by atoms with Crippen LogP contribution in [0.5, 0.6) is 5.75 Å². The van der Waals surface area contributed by atoms with Crippen LogP contribution in [0.3, 0.4) is 0 Å². The topological polar surface area (TPSA) is 55.6 Å². The summed E-state index contributed by atoms with van der Waals surface area (Å²) in [7, 11) is 1.77. The predicted molar refractivity (Wildman–Crippen MR) is 89.7 cm³/mol. The summed E-state index contributed by atoms with van der Waals surface area (Å²) in [4.78, 5) is 13.5. The smallest absolute Gasteiger partial charge is 0.260 e. The van der Waals surface area contributed by atoms with Crippen LogP contribution in [-0.2, 0) is 11.2 Å². The highest BCUT2D eigenvalue weighted by molar-refractivity contribution is 9.10. The van der Waals surface area contributed by atoms with Crippen LogP contribution in [0.2, 0.25) is 0 Å². The number of likely N-dealkylation sites (N-methyl/N-ethyl adjacent to an activating group) is 1. The Morgan fingerprint density at radius 2 is 2.10 bits per heavy atom. The molecular weight excluding hydrogens is 332 g/mol. The summed E-state index contributed by atoms with van der Waals surface area (Å²) in [5.41, 5.74) is 8.11. The summed E-state index contributed by atoms with van der Waals surface area (Å²) in [6.07, 6.45) is 1.65. The molecule has 0 saturated carbocycles. The Labute approximate surface area is 135 Å². The normalized spacial score (nSPS) is 12.1. The molecule has 1 amide bonds. The van der Waals surface area contributed by atoms with E-state index in [1.807, 2.05) is 26.0 Å². The number of carbonyl (C=O) groups excluding carboxylic acids is 1. The van der Waals surface area contributed by atoms with Crippen molar-refractivity contribution in [1.82, 2.24) is 4.90 Å². The van der Waals surface area contributed by atoms with Gasteiger partial charge in [0.05, 0.1) is 0 Å². The van der Waals surface area contributed by atoms with Gasteiger partial charge in [-0.25, -0.2) is 0 Å². The summed E-state index contributed by atoms with van der Waals surface area (Å²) in [6.45, 7) is 6.72. The van der Waals surface area contributed by atoms with Gasteiger partial charge in [-0.1, -0.05) is 22.9 Å². The van der Waals surface area contributed by atoms with Crippen molar-refractivity contribution in [1.29, 1.82) is 0 Å². The summed E-state index contributed by atoms with van der Waals surface area (Å²) in [6, 6.07) is 4.10. The Bertz CT molecular complexity index is 491. The number of amides is 1. The minimum absolute atomic E-state index is 0.0226. The third kappa shape index (κ3) is 5.32. The number of hydrogen-bond acceptors (Lipinski definition) is 3. The van der Waals surface area contributed by atoms with E-state index < -0.39 is 0 Å². The Morgan fingerprint density at radius 3 is 2.67 bits per heavy atom. The fourth-order valence-corrected chi connectivity index (χ4v) is 2.62. The van der Waals surface area contributed by atoms with Crippen molar-refractivity contribution >= 4 is 21.8 Å². The molecule has 4 nitrogen and oxygen atoms in total. The molecule has 118 valence electrons. The lowest BCUT2D eigenvalue weighted by Crippen LogP contribution is -2.31. The van der Waals surface area contributed by atoms with Crippen molar-refractivity contribution in [3.63, 3.8) is 0 Å². The molecule has 0 heterocycles. The highest BCUT2D eigenvalue weighted by Gasteiger charge is 2.14. The average Bonchev–Trinajstić information content (AvgIpc) is 2.44. The number of hydrogen-bond donors (Lipinski definition) is 1. The molecular formula is C16H25BrN2O2. The predicted octanol–water partition coefficient (Wildman–Crippen LogP) is 2.89. The molecule has 21 heavy (non-hydrogen) atoms. The third-order valence-electron chi connectivity index (χ3n) is 3.56. The second-order valence-electron chi connectivity index (χ2n) is 5.28. The Balaban J connectivity index is 2.91. The van der Waals surface area contributed by atoms with Gasteiger partial charge in [-0.15, -0.1) is 0 Å². The number of rotatable bonds is 7. The van der Waals surface area contributed by atoms with Crippen LogP contribution in [0.4, 0.5) is 0 Å². The van der Waals surface area contributed by atoms with E-state index in [1.165, 1.54) is 0 Å². The number of nitrogens with two attached hydrogens (primary N) is 1. The molecule has 0 saturated heterocycles. The zero-order valence-electron chi connectivity index (χ0n) is 13.3. The average molecular weight is 357 g/mol. The van der Waals surface area contributed by atoms with E-state index in [4.69, 9.17) is 10.5 Å². The maximum Gasteiger partial charge on any atom is 0.260 e. The maximum absolute atomic E-state index is 11.9. The van der Waals surface area contributed by atoms with Crippen LogP contribution < -0.4 is 10.5 Å². The van der Waals surface area contributed by atoms with Crippen molar-refractivity contribution in [2.75, 3.05) is 20.2 Å². The SMILES string of the molecule is CCC(N)Cc1cc(Br)cc(C)c1OCC(=O)N(C)CC. The van der Waals surface area contributed by atoms with Crippen molar-refractivity contribution in [3.8, 4) is 5.75 Å². The van der Waals surface area contributed by atoms with Crippen LogP contribution >= 0.6 is 15.9 Å².